The molecule has 0 heterocycles. The van der Waals surface area contributed by atoms with E-state index in [1.54, 1.807) is 6.07 Å². The first-order valence-electron chi connectivity index (χ1n) is 7.74. The van der Waals surface area contributed by atoms with Crippen molar-refractivity contribution in [2.45, 2.75) is 52.7 Å². The number of ether oxygens (including phenoxy) is 1. The van der Waals surface area contributed by atoms with Gasteiger partial charge in [0.05, 0.1) is 5.60 Å². The lowest BCUT2D eigenvalue weighted by Crippen LogP contribution is -2.34. The van der Waals surface area contributed by atoms with Crippen LogP contribution in [-0.2, 0) is 6.54 Å². The number of rotatable bonds is 9. The molecule has 0 saturated carbocycles. The monoisotopic (exact) mass is 297 g/mol. The van der Waals surface area contributed by atoms with Gasteiger partial charge >= 0.3 is 0 Å². The molecule has 0 aliphatic carbocycles. The Morgan fingerprint density at radius 3 is 2.48 bits per heavy atom. The molecular formula is C17H28FNO2. The van der Waals surface area contributed by atoms with Gasteiger partial charge in [-0.3, -0.25) is 0 Å². The maximum Gasteiger partial charge on any atom is 0.165 e. The van der Waals surface area contributed by atoms with E-state index in [1.165, 1.54) is 6.07 Å². The third kappa shape index (κ3) is 6.02. The van der Waals surface area contributed by atoms with E-state index in [4.69, 9.17) is 4.74 Å². The lowest BCUT2D eigenvalue weighted by atomic mass is 9.99. The zero-order chi connectivity index (χ0) is 15.9. The van der Waals surface area contributed by atoms with Gasteiger partial charge in [-0.2, -0.15) is 0 Å². The Bertz CT molecular complexity index is 431. The molecule has 0 atom stereocenters. The molecule has 1 aromatic carbocycles. The minimum Gasteiger partial charge on any atom is -0.488 e. The Morgan fingerprint density at radius 2 is 1.95 bits per heavy atom. The first-order chi connectivity index (χ1) is 9.90. The molecule has 3 nitrogen and oxygen atoms in total. The van der Waals surface area contributed by atoms with E-state index in [2.05, 4.69) is 19.2 Å². The van der Waals surface area contributed by atoms with E-state index in [-0.39, 0.29) is 18.2 Å². The Hall–Kier alpha value is -1.13. The fourth-order valence-electron chi connectivity index (χ4n) is 1.94. The van der Waals surface area contributed by atoms with Crippen LogP contribution >= 0.6 is 0 Å². The second kappa shape index (κ2) is 8.35. The Morgan fingerprint density at radius 1 is 1.29 bits per heavy atom. The van der Waals surface area contributed by atoms with Crippen molar-refractivity contribution in [1.82, 2.24) is 5.32 Å². The van der Waals surface area contributed by atoms with Gasteiger partial charge in [0.2, 0.25) is 0 Å². The SMILES string of the molecule is CCC(O)(CC)COc1ccc(CNCC(C)C)cc1F. The third-order valence-corrected chi connectivity index (χ3v) is 3.69. The first kappa shape index (κ1) is 17.9. The Labute approximate surface area is 127 Å². The topological polar surface area (TPSA) is 41.5 Å². The molecule has 0 aliphatic rings. The van der Waals surface area contributed by atoms with Gasteiger partial charge in [0.15, 0.2) is 11.6 Å². The highest BCUT2D eigenvalue weighted by Gasteiger charge is 2.23. The maximum absolute atomic E-state index is 14.0. The molecule has 0 aromatic heterocycles. The Kier molecular flexibility index (Phi) is 7.12. The standard InChI is InChI=1S/C17H28FNO2/c1-5-17(20,6-2)12-21-16-8-7-14(9-15(16)18)11-19-10-13(3)4/h7-9,13,19-20H,5-6,10-12H2,1-4H3. The van der Waals surface area contributed by atoms with E-state index in [1.807, 2.05) is 19.9 Å². The number of hydrogen-bond acceptors (Lipinski definition) is 3. The van der Waals surface area contributed by atoms with Crippen LogP contribution in [0.4, 0.5) is 4.39 Å². The summed E-state index contributed by atoms with van der Waals surface area (Å²) in [5.41, 5.74) is 0.00552. The van der Waals surface area contributed by atoms with E-state index >= 15 is 0 Å². The molecule has 21 heavy (non-hydrogen) atoms. The molecule has 0 aliphatic heterocycles. The lowest BCUT2D eigenvalue weighted by molar-refractivity contribution is -0.0123. The molecule has 0 fully saturated rings. The number of nitrogens with one attached hydrogen (secondary N) is 1. The van der Waals surface area contributed by atoms with Crippen LogP contribution in [-0.4, -0.2) is 23.9 Å². The zero-order valence-corrected chi connectivity index (χ0v) is 13.6. The van der Waals surface area contributed by atoms with Crippen LogP contribution in [0.2, 0.25) is 0 Å². The van der Waals surface area contributed by atoms with Gasteiger partial charge in [-0.25, -0.2) is 4.39 Å². The van der Waals surface area contributed by atoms with Crippen molar-refractivity contribution in [3.63, 3.8) is 0 Å². The van der Waals surface area contributed by atoms with E-state index in [9.17, 15) is 9.50 Å². The minimum atomic E-state index is -0.885. The second-order valence-electron chi connectivity index (χ2n) is 6.01. The van der Waals surface area contributed by atoms with Gasteiger partial charge in [-0.15, -0.1) is 0 Å². The molecular weight excluding hydrogens is 269 g/mol. The summed E-state index contributed by atoms with van der Waals surface area (Å²) < 4.78 is 19.4. The van der Waals surface area contributed by atoms with Gasteiger partial charge in [0, 0.05) is 6.54 Å². The quantitative estimate of drug-likeness (QED) is 0.733. The van der Waals surface area contributed by atoms with Crippen LogP contribution in [0.25, 0.3) is 0 Å². The highest BCUT2D eigenvalue weighted by Crippen LogP contribution is 2.22. The van der Waals surface area contributed by atoms with Gasteiger partial charge in [0.25, 0.3) is 0 Å². The molecule has 0 spiro atoms. The third-order valence-electron chi connectivity index (χ3n) is 3.69. The molecule has 1 aromatic rings. The van der Waals surface area contributed by atoms with Crippen molar-refractivity contribution in [2.24, 2.45) is 5.92 Å². The second-order valence-corrected chi connectivity index (χ2v) is 6.01. The smallest absolute Gasteiger partial charge is 0.165 e. The zero-order valence-electron chi connectivity index (χ0n) is 13.6. The van der Waals surface area contributed by atoms with Crippen molar-refractivity contribution < 1.29 is 14.2 Å². The molecule has 120 valence electrons. The van der Waals surface area contributed by atoms with Crippen LogP contribution in [0.5, 0.6) is 5.75 Å². The van der Waals surface area contributed by atoms with E-state index in [0.29, 0.717) is 25.3 Å². The van der Waals surface area contributed by atoms with Crippen molar-refractivity contribution in [3.8, 4) is 5.75 Å². The van der Waals surface area contributed by atoms with Crippen LogP contribution in [0.15, 0.2) is 18.2 Å². The number of aliphatic hydroxyl groups is 1. The average Bonchev–Trinajstić information content (AvgIpc) is 2.45. The largest absolute Gasteiger partial charge is 0.488 e. The van der Waals surface area contributed by atoms with Crippen LogP contribution in [0, 0.1) is 11.7 Å². The Balaban J connectivity index is 2.58. The summed E-state index contributed by atoms with van der Waals surface area (Å²) in [6, 6.07) is 4.97. The van der Waals surface area contributed by atoms with Crippen molar-refractivity contribution in [1.29, 1.82) is 0 Å². The van der Waals surface area contributed by atoms with Gasteiger partial charge in [0.1, 0.15) is 6.61 Å². The number of halogens is 1. The summed E-state index contributed by atoms with van der Waals surface area (Å²) >= 11 is 0. The predicted octanol–water partition coefficient (Wildman–Crippen LogP) is 3.50. The first-order valence-corrected chi connectivity index (χ1v) is 7.74. The van der Waals surface area contributed by atoms with Gasteiger partial charge < -0.3 is 15.2 Å². The number of hydrogen-bond donors (Lipinski definition) is 2. The van der Waals surface area contributed by atoms with Crippen LogP contribution < -0.4 is 10.1 Å². The molecule has 0 radical (unpaired) electrons. The molecule has 0 unspecified atom stereocenters. The molecule has 0 bridgehead atoms. The van der Waals surface area contributed by atoms with Crippen molar-refractivity contribution in [2.75, 3.05) is 13.2 Å². The fraction of sp³-hybridized carbons (Fsp3) is 0.647. The normalized spacial score (nSPS) is 12.0. The average molecular weight is 297 g/mol. The molecule has 1 rings (SSSR count). The van der Waals surface area contributed by atoms with Gasteiger partial charge in [-0.1, -0.05) is 33.8 Å². The molecule has 2 N–H and O–H groups in total. The summed E-state index contributed by atoms with van der Waals surface area (Å²) in [6.07, 6.45) is 1.17. The summed E-state index contributed by atoms with van der Waals surface area (Å²) in [4.78, 5) is 0. The minimum absolute atomic E-state index is 0.113. The molecule has 0 saturated heterocycles. The maximum atomic E-state index is 14.0. The fourth-order valence-corrected chi connectivity index (χ4v) is 1.94. The highest BCUT2D eigenvalue weighted by atomic mass is 19.1. The summed E-state index contributed by atoms with van der Waals surface area (Å²) in [7, 11) is 0. The van der Waals surface area contributed by atoms with E-state index in [0.717, 1.165) is 12.1 Å². The summed E-state index contributed by atoms with van der Waals surface area (Å²) in [5, 5.41) is 13.4. The lowest BCUT2D eigenvalue weighted by Gasteiger charge is -2.25. The highest BCUT2D eigenvalue weighted by molar-refractivity contribution is 5.29. The van der Waals surface area contributed by atoms with Crippen LogP contribution in [0.1, 0.15) is 46.1 Å². The van der Waals surface area contributed by atoms with E-state index < -0.39 is 5.60 Å². The summed E-state index contributed by atoms with van der Waals surface area (Å²) in [6.45, 7) is 9.71. The van der Waals surface area contributed by atoms with Crippen molar-refractivity contribution >= 4 is 0 Å². The predicted molar refractivity (Wildman–Crippen MR) is 84.0 cm³/mol. The van der Waals surface area contributed by atoms with Crippen LogP contribution in [0.3, 0.4) is 0 Å². The summed E-state index contributed by atoms with van der Waals surface area (Å²) in [5.74, 6) is 0.384. The van der Waals surface area contributed by atoms with Crippen molar-refractivity contribution in [3.05, 3.63) is 29.6 Å². The number of benzene rings is 1. The molecule has 4 heteroatoms. The molecule has 0 amide bonds. The van der Waals surface area contributed by atoms with Gasteiger partial charge in [-0.05, 0) is 43.0 Å².